The van der Waals surface area contributed by atoms with Crippen molar-refractivity contribution in [1.29, 1.82) is 0 Å². The van der Waals surface area contributed by atoms with Crippen molar-refractivity contribution in [3.8, 4) is 0 Å². The number of nitrogens with two attached hydrogens (primary N) is 1. The minimum Gasteiger partial charge on any atom is -0.444 e. The summed E-state index contributed by atoms with van der Waals surface area (Å²) in [6, 6.07) is 5.84. The summed E-state index contributed by atoms with van der Waals surface area (Å²) in [6.45, 7) is 12.9. The number of fused-ring (bicyclic) bond motifs is 1. The van der Waals surface area contributed by atoms with Crippen LogP contribution >= 0.6 is 11.3 Å². The molecule has 0 aromatic carbocycles. The Bertz CT molecular complexity index is 1090. The van der Waals surface area contributed by atoms with E-state index in [9.17, 15) is 9.59 Å². The summed E-state index contributed by atoms with van der Waals surface area (Å²) in [5.41, 5.74) is 6.62. The van der Waals surface area contributed by atoms with E-state index in [4.69, 9.17) is 5.73 Å². The topological polar surface area (TPSA) is 123 Å². The molecule has 3 aromatic rings. The minimum atomic E-state index is -0.725. The van der Waals surface area contributed by atoms with Gasteiger partial charge in [-0.1, -0.05) is 19.9 Å². The van der Waals surface area contributed by atoms with Gasteiger partial charge in [-0.2, -0.15) is 0 Å². The standard InChI is InChI=1S/C18H19N5OS.C5H11NO2.C2H6/c1-12(13-5-4-7-19-11-13)20-18-21-14-6-10-25-16(14)15(22-18)17(24)23-8-2-3-9-23;1-5(2,3)8-4(6)7;1-2/h4-7,10-12H,2-3,8-9H2,1H3,(H,20,21,22);1-3H3,(H2,6,7);1-2H3. The van der Waals surface area contributed by atoms with E-state index in [1.807, 2.05) is 55.4 Å². The zero-order valence-electron chi connectivity index (χ0n) is 21.4. The highest BCUT2D eigenvalue weighted by Gasteiger charge is 2.24. The fourth-order valence-electron chi connectivity index (χ4n) is 3.35. The van der Waals surface area contributed by atoms with E-state index in [1.165, 1.54) is 11.3 Å². The van der Waals surface area contributed by atoms with Crippen LogP contribution < -0.4 is 11.1 Å². The largest absolute Gasteiger partial charge is 0.444 e. The highest BCUT2D eigenvalue weighted by Crippen LogP contribution is 2.27. The summed E-state index contributed by atoms with van der Waals surface area (Å²) in [6.07, 6.45) is 4.97. The third kappa shape index (κ3) is 8.47. The van der Waals surface area contributed by atoms with Gasteiger partial charge in [0.2, 0.25) is 5.95 Å². The molecule has 1 aliphatic rings. The molecule has 3 N–H and O–H groups in total. The Morgan fingerprint density at radius 3 is 2.40 bits per heavy atom. The summed E-state index contributed by atoms with van der Waals surface area (Å²) in [5, 5.41) is 5.25. The number of pyridine rings is 1. The molecule has 35 heavy (non-hydrogen) atoms. The smallest absolute Gasteiger partial charge is 0.405 e. The minimum absolute atomic E-state index is 0.000440. The van der Waals surface area contributed by atoms with Crippen molar-refractivity contribution in [1.82, 2.24) is 19.9 Å². The first-order valence-corrected chi connectivity index (χ1v) is 12.7. The summed E-state index contributed by atoms with van der Waals surface area (Å²) in [5.74, 6) is 0.481. The van der Waals surface area contributed by atoms with Crippen LogP contribution in [0.15, 0.2) is 36.0 Å². The molecule has 10 heteroatoms. The first-order chi connectivity index (χ1) is 16.6. The van der Waals surface area contributed by atoms with Gasteiger partial charge in [-0.05, 0) is 63.6 Å². The summed E-state index contributed by atoms with van der Waals surface area (Å²) < 4.78 is 5.43. The van der Waals surface area contributed by atoms with Crippen molar-refractivity contribution in [2.75, 3.05) is 18.4 Å². The van der Waals surface area contributed by atoms with Gasteiger partial charge < -0.3 is 20.7 Å². The van der Waals surface area contributed by atoms with Gasteiger partial charge in [-0.25, -0.2) is 14.8 Å². The van der Waals surface area contributed by atoms with Crippen LogP contribution in [-0.2, 0) is 4.74 Å². The lowest BCUT2D eigenvalue weighted by atomic mass is 10.1. The number of ether oxygens (including phenoxy) is 1. The zero-order chi connectivity index (χ0) is 26.0. The number of aromatic nitrogens is 3. The maximum Gasteiger partial charge on any atom is 0.405 e. The number of nitrogens with one attached hydrogen (secondary N) is 1. The van der Waals surface area contributed by atoms with Gasteiger partial charge in [0.05, 0.1) is 16.3 Å². The number of hydrogen-bond donors (Lipinski definition) is 2. The van der Waals surface area contributed by atoms with Crippen molar-refractivity contribution in [2.45, 2.75) is 66.0 Å². The molecule has 1 atom stereocenters. The molecule has 1 aliphatic heterocycles. The highest BCUT2D eigenvalue weighted by atomic mass is 32.1. The molecular formula is C25H36N6O3S. The second-order valence-electron chi connectivity index (χ2n) is 8.72. The molecule has 0 radical (unpaired) electrons. The molecule has 1 unspecified atom stereocenters. The first kappa shape index (κ1) is 28.0. The van der Waals surface area contributed by atoms with E-state index < -0.39 is 11.7 Å². The summed E-state index contributed by atoms with van der Waals surface area (Å²) in [7, 11) is 0. The Morgan fingerprint density at radius 1 is 1.17 bits per heavy atom. The van der Waals surface area contributed by atoms with E-state index in [0.717, 1.165) is 41.7 Å². The lowest BCUT2D eigenvalue weighted by Gasteiger charge is -2.17. The van der Waals surface area contributed by atoms with Crippen LogP contribution in [0.5, 0.6) is 0 Å². The van der Waals surface area contributed by atoms with Crippen molar-refractivity contribution >= 4 is 39.5 Å². The van der Waals surface area contributed by atoms with Crippen LogP contribution in [0.1, 0.15) is 76.5 Å². The van der Waals surface area contributed by atoms with Crippen LogP contribution in [0.4, 0.5) is 10.7 Å². The van der Waals surface area contributed by atoms with Crippen LogP contribution in [0.25, 0.3) is 10.2 Å². The van der Waals surface area contributed by atoms with Gasteiger partial charge in [0.15, 0.2) is 5.69 Å². The average Bonchev–Trinajstić information content (AvgIpc) is 3.51. The number of rotatable bonds is 4. The van der Waals surface area contributed by atoms with Gasteiger partial charge in [-0.15, -0.1) is 11.3 Å². The van der Waals surface area contributed by atoms with Crippen LogP contribution in [0.3, 0.4) is 0 Å². The molecule has 4 heterocycles. The molecule has 0 spiro atoms. The monoisotopic (exact) mass is 500 g/mol. The molecule has 9 nitrogen and oxygen atoms in total. The molecule has 1 saturated heterocycles. The molecule has 4 rings (SSSR count). The lowest BCUT2D eigenvalue weighted by molar-refractivity contribution is 0.0599. The zero-order valence-corrected chi connectivity index (χ0v) is 22.2. The molecule has 0 bridgehead atoms. The quantitative estimate of drug-likeness (QED) is 0.491. The third-order valence-electron chi connectivity index (χ3n) is 4.84. The van der Waals surface area contributed by atoms with Gasteiger partial charge in [0.25, 0.3) is 5.91 Å². The average molecular weight is 501 g/mol. The second kappa shape index (κ2) is 13.0. The third-order valence-corrected chi connectivity index (χ3v) is 5.75. The fourth-order valence-corrected chi connectivity index (χ4v) is 4.17. The van der Waals surface area contributed by atoms with E-state index in [0.29, 0.717) is 11.6 Å². The van der Waals surface area contributed by atoms with Gasteiger partial charge in [0, 0.05) is 25.5 Å². The predicted octanol–water partition coefficient (Wildman–Crippen LogP) is 5.40. The van der Waals surface area contributed by atoms with Crippen LogP contribution in [-0.4, -0.2) is 50.5 Å². The Hall–Kier alpha value is -3.27. The summed E-state index contributed by atoms with van der Waals surface area (Å²) in [4.78, 5) is 38.0. The fraction of sp³-hybridized carbons (Fsp3) is 0.480. The molecule has 2 amide bonds. The Kier molecular flexibility index (Phi) is 10.4. The Morgan fingerprint density at radius 2 is 1.86 bits per heavy atom. The van der Waals surface area contributed by atoms with E-state index >= 15 is 0 Å². The Labute approximate surface area is 211 Å². The molecule has 3 aromatic heterocycles. The maximum atomic E-state index is 12.9. The van der Waals surface area contributed by atoms with E-state index in [2.05, 4.69) is 25.0 Å². The van der Waals surface area contributed by atoms with Crippen molar-refractivity contribution in [3.63, 3.8) is 0 Å². The lowest BCUT2D eigenvalue weighted by Crippen LogP contribution is -2.28. The Balaban J connectivity index is 0.000000371. The van der Waals surface area contributed by atoms with Crippen molar-refractivity contribution in [3.05, 3.63) is 47.2 Å². The van der Waals surface area contributed by atoms with E-state index in [-0.39, 0.29) is 11.9 Å². The number of nitrogens with zero attached hydrogens (tertiary/aromatic N) is 4. The SMILES string of the molecule is CC.CC(C)(C)OC(N)=O.CC(Nc1nc(C(=O)N2CCCC2)c2sccc2n1)c1cccnc1. The summed E-state index contributed by atoms with van der Waals surface area (Å²) >= 11 is 1.51. The van der Waals surface area contributed by atoms with Gasteiger partial charge in [-0.3, -0.25) is 9.78 Å². The van der Waals surface area contributed by atoms with Gasteiger partial charge >= 0.3 is 6.09 Å². The number of amides is 2. The molecule has 0 saturated carbocycles. The number of thiophene rings is 1. The first-order valence-electron chi connectivity index (χ1n) is 11.8. The number of hydrogen-bond acceptors (Lipinski definition) is 8. The van der Waals surface area contributed by atoms with Crippen molar-refractivity contribution in [2.24, 2.45) is 5.73 Å². The molecule has 0 aliphatic carbocycles. The normalized spacial score (nSPS) is 13.7. The maximum absolute atomic E-state index is 12.9. The van der Waals surface area contributed by atoms with E-state index in [1.54, 1.807) is 27.0 Å². The van der Waals surface area contributed by atoms with Crippen LogP contribution in [0.2, 0.25) is 0 Å². The van der Waals surface area contributed by atoms with Gasteiger partial charge in [0.1, 0.15) is 5.60 Å². The number of carbonyl (C=O) groups excluding carboxylic acids is 2. The number of primary amides is 1. The molecule has 190 valence electrons. The molecular weight excluding hydrogens is 464 g/mol. The number of likely N-dealkylation sites (tertiary alicyclic amines) is 1. The van der Waals surface area contributed by atoms with Crippen LogP contribution in [0, 0.1) is 0 Å². The molecule has 1 fully saturated rings. The second-order valence-corrected chi connectivity index (χ2v) is 9.63. The number of anilines is 1. The predicted molar refractivity (Wildman–Crippen MR) is 141 cm³/mol. The van der Waals surface area contributed by atoms with Crippen molar-refractivity contribution < 1.29 is 14.3 Å². The number of carbonyl (C=O) groups is 2. The highest BCUT2D eigenvalue weighted by molar-refractivity contribution is 7.17.